The number of benzene rings is 1. The molecule has 1 aromatic rings. The van der Waals surface area contributed by atoms with E-state index in [1.54, 1.807) is 4.90 Å². The number of unbranched alkanes of at least 4 members (excludes halogenated alkanes) is 2. The number of hydrogen-bond donors (Lipinski definition) is 2. The summed E-state index contributed by atoms with van der Waals surface area (Å²) in [6.45, 7) is 3.60. The topological polar surface area (TPSA) is 95.7 Å². The summed E-state index contributed by atoms with van der Waals surface area (Å²) in [7, 11) is 0. The number of nitrogens with zero attached hydrogens (tertiary/aromatic N) is 2. The number of carbonyl (C=O) groups excluding carboxylic acids is 3. The van der Waals surface area contributed by atoms with Gasteiger partial charge in [-0.3, -0.25) is 19.7 Å². The van der Waals surface area contributed by atoms with Gasteiger partial charge in [0, 0.05) is 48.4 Å². The molecule has 1 saturated heterocycles. The molecule has 2 heterocycles. The van der Waals surface area contributed by atoms with Crippen molar-refractivity contribution in [2.45, 2.75) is 89.4 Å². The molecular weight excluding hydrogens is 392 g/mol. The Labute approximate surface area is 184 Å². The molecule has 0 bridgehead atoms. The van der Waals surface area contributed by atoms with Gasteiger partial charge in [-0.25, -0.2) is 0 Å². The van der Waals surface area contributed by atoms with Gasteiger partial charge in [-0.1, -0.05) is 25.8 Å². The summed E-state index contributed by atoms with van der Waals surface area (Å²) in [6.07, 6.45) is 8.33. The van der Waals surface area contributed by atoms with Crippen molar-refractivity contribution in [3.63, 3.8) is 0 Å². The summed E-state index contributed by atoms with van der Waals surface area (Å²) in [5.41, 5.74) is 8.99. The van der Waals surface area contributed by atoms with Crippen molar-refractivity contribution in [1.29, 1.82) is 0 Å². The van der Waals surface area contributed by atoms with Crippen LogP contribution in [-0.2, 0) is 16.1 Å². The highest BCUT2D eigenvalue weighted by atomic mass is 16.2. The van der Waals surface area contributed by atoms with Crippen molar-refractivity contribution in [3.8, 4) is 0 Å². The van der Waals surface area contributed by atoms with E-state index in [1.807, 2.05) is 12.1 Å². The zero-order valence-corrected chi connectivity index (χ0v) is 18.4. The lowest BCUT2D eigenvalue weighted by Crippen LogP contribution is -2.52. The second-order valence-corrected chi connectivity index (χ2v) is 9.17. The highest BCUT2D eigenvalue weighted by molar-refractivity contribution is 6.06. The molecule has 31 heavy (non-hydrogen) atoms. The second-order valence-electron chi connectivity index (χ2n) is 9.17. The first-order chi connectivity index (χ1) is 15.0. The van der Waals surface area contributed by atoms with Crippen LogP contribution in [0.3, 0.4) is 0 Å². The molecule has 2 fully saturated rings. The van der Waals surface area contributed by atoms with Crippen molar-refractivity contribution in [1.82, 2.24) is 10.2 Å². The van der Waals surface area contributed by atoms with Crippen molar-refractivity contribution >= 4 is 23.4 Å². The first kappa shape index (κ1) is 21.8. The minimum Gasteiger partial charge on any atom is -0.368 e. The Morgan fingerprint density at radius 2 is 1.87 bits per heavy atom. The van der Waals surface area contributed by atoms with E-state index in [9.17, 15) is 14.4 Å². The molecule has 1 atom stereocenters. The lowest BCUT2D eigenvalue weighted by molar-refractivity contribution is -0.136. The first-order valence-corrected chi connectivity index (χ1v) is 11.8. The Kier molecular flexibility index (Phi) is 6.60. The van der Waals surface area contributed by atoms with Crippen LogP contribution in [0.15, 0.2) is 18.2 Å². The third kappa shape index (κ3) is 4.47. The summed E-state index contributed by atoms with van der Waals surface area (Å²) in [6, 6.07) is 6.10. The van der Waals surface area contributed by atoms with Gasteiger partial charge in [0.1, 0.15) is 6.04 Å². The Morgan fingerprint density at radius 3 is 2.58 bits per heavy atom. The summed E-state index contributed by atoms with van der Waals surface area (Å²) < 4.78 is 0. The van der Waals surface area contributed by atoms with Gasteiger partial charge in [0.15, 0.2) is 0 Å². The van der Waals surface area contributed by atoms with Gasteiger partial charge >= 0.3 is 0 Å². The molecule has 168 valence electrons. The van der Waals surface area contributed by atoms with Crippen molar-refractivity contribution in [2.24, 2.45) is 5.73 Å². The van der Waals surface area contributed by atoms with E-state index in [0.29, 0.717) is 30.6 Å². The van der Waals surface area contributed by atoms with Gasteiger partial charge < -0.3 is 15.5 Å². The summed E-state index contributed by atoms with van der Waals surface area (Å²) >= 11 is 0. The predicted octanol–water partition coefficient (Wildman–Crippen LogP) is 2.71. The molecule has 0 aromatic heterocycles. The van der Waals surface area contributed by atoms with Crippen LogP contribution in [0.4, 0.5) is 5.69 Å². The zero-order chi connectivity index (χ0) is 22.0. The standard InChI is InChI=1S/C24H34N4O3/c1-2-3-4-14-27(17-10-8-16(25)9-11-17)20-7-5-6-18-19(20)15-28(24(18)31)21-12-13-22(29)26-23(21)30/h5-7,16-17,21H,2-4,8-15,25H2,1H3,(H,26,29,30). The van der Waals surface area contributed by atoms with Crippen LogP contribution in [-0.4, -0.2) is 47.3 Å². The molecule has 3 aliphatic rings. The SMILES string of the molecule is CCCCCN(c1cccc2c1CN(C1CCC(=O)NC1=O)C2=O)C1CCC(N)CC1. The lowest BCUT2D eigenvalue weighted by Gasteiger charge is -2.39. The molecule has 1 aliphatic carbocycles. The summed E-state index contributed by atoms with van der Waals surface area (Å²) in [4.78, 5) is 41.3. The molecule has 3 amide bonds. The fourth-order valence-corrected chi connectivity index (χ4v) is 5.28. The minimum atomic E-state index is -0.577. The highest BCUT2D eigenvalue weighted by Crippen LogP contribution is 2.37. The molecule has 7 heteroatoms. The number of nitrogens with one attached hydrogen (secondary N) is 1. The zero-order valence-electron chi connectivity index (χ0n) is 18.4. The van der Waals surface area contributed by atoms with E-state index in [0.717, 1.165) is 56.3 Å². The van der Waals surface area contributed by atoms with Crippen LogP contribution in [0.5, 0.6) is 0 Å². The molecule has 0 radical (unpaired) electrons. The van der Waals surface area contributed by atoms with Gasteiger partial charge in [-0.05, 0) is 50.7 Å². The van der Waals surface area contributed by atoms with Crippen LogP contribution in [0.1, 0.15) is 80.6 Å². The van der Waals surface area contributed by atoms with Crippen LogP contribution >= 0.6 is 0 Å². The largest absolute Gasteiger partial charge is 0.368 e. The number of nitrogens with two attached hydrogens (primary N) is 1. The molecule has 4 rings (SSSR count). The van der Waals surface area contributed by atoms with Crippen molar-refractivity contribution in [2.75, 3.05) is 11.4 Å². The maximum absolute atomic E-state index is 13.2. The molecule has 0 spiro atoms. The number of amides is 3. The van der Waals surface area contributed by atoms with Crippen LogP contribution in [0.25, 0.3) is 0 Å². The van der Waals surface area contributed by atoms with Gasteiger partial charge in [0.05, 0.1) is 0 Å². The molecule has 1 unspecified atom stereocenters. The summed E-state index contributed by atoms with van der Waals surface area (Å²) in [5, 5.41) is 2.39. The average molecular weight is 427 g/mol. The van der Waals surface area contributed by atoms with Gasteiger partial charge in [0.2, 0.25) is 11.8 Å². The van der Waals surface area contributed by atoms with Crippen LogP contribution in [0.2, 0.25) is 0 Å². The Balaban J connectivity index is 1.60. The van der Waals surface area contributed by atoms with Gasteiger partial charge in [-0.15, -0.1) is 0 Å². The average Bonchev–Trinajstić information content (AvgIpc) is 3.09. The molecule has 1 aromatic carbocycles. The third-order valence-corrected chi connectivity index (χ3v) is 7.05. The smallest absolute Gasteiger partial charge is 0.255 e. The molecule has 3 N–H and O–H groups in total. The van der Waals surface area contributed by atoms with Gasteiger partial charge in [-0.2, -0.15) is 0 Å². The number of imide groups is 1. The Hall–Kier alpha value is -2.41. The fraction of sp³-hybridized carbons (Fsp3) is 0.625. The Morgan fingerprint density at radius 1 is 1.10 bits per heavy atom. The number of rotatable bonds is 7. The fourth-order valence-electron chi connectivity index (χ4n) is 5.28. The predicted molar refractivity (Wildman–Crippen MR) is 120 cm³/mol. The van der Waals surface area contributed by atoms with E-state index < -0.39 is 6.04 Å². The third-order valence-electron chi connectivity index (χ3n) is 7.05. The van der Waals surface area contributed by atoms with Crippen LogP contribution < -0.4 is 16.0 Å². The lowest BCUT2D eigenvalue weighted by atomic mass is 9.89. The second kappa shape index (κ2) is 9.39. The number of carbonyl (C=O) groups is 3. The van der Waals surface area contributed by atoms with E-state index in [2.05, 4.69) is 23.2 Å². The van der Waals surface area contributed by atoms with Crippen molar-refractivity contribution in [3.05, 3.63) is 29.3 Å². The molecule has 1 saturated carbocycles. The molecule has 7 nitrogen and oxygen atoms in total. The Bertz CT molecular complexity index is 847. The quantitative estimate of drug-likeness (QED) is 0.516. The maximum atomic E-state index is 13.2. The van der Waals surface area contributed by atoms with E-state index >= 15 is 0 Å². The normalized spacial score (nSPS) is 26.1. The van der Waals surface area contributed by atoms with E-state index in [1.165, 1.54) is 6.42 Å². The summed E-state index contributed by atoms with van der Waals surface area (Å²) in [5.74, 6) is -0.728. The van der Waals surface area contributed by atoms with Crippen molar-refractivity contribution < 1.29 is 14.4 Å². The van der Waals surface area contributed by atoms with E-state index in [4.69, 9.17) is 5.73 Å². The molecular formula is C24H34N4O3. The monoisotopic (exact) mass is 426 g/mol. The maximum Gasteiger partial charge on any atom is 0.255 e. The minimum absolute atomic E-state index is 0.106. The molecule has 2 aliphatic heterocycles. The first-order valence-electron chi connectivity index (χ1n) is 11.8. The van der Waals surface area contributed by atoms with E-state index in [-0.39, 0.29) is 24.1 Å². The number of piperidine rings is 1. The number of fused-ring (bicyclic) bond motifs is 1. The number of hydrogen-bond acceptors (Lipinski definition) is 5. The van der Waals surface area contributed by atoms with Gasteiger partial charge in [0.25, 0.3) is 5.91 Å². The highest BCUT2D eigenvalue weighted by Gasteiger charge is 2.40. The van der Waals surface area contributed by atoms with Crippen LogP contribution in [0, 0.1) is 0 Å². The number of anilines is 1.